The topological polar surface area (TPSA) is 81.1 Å². The number of carbonyl (C=O) groups excluding carboxylic acids is 1. The van der Waals surface area contributed by atoms with Crippen molar-refractivity contribution in [3.63, 3.8) is 0 Å². The fourth-order valence-corrected chi connectivity index (χ4v) is 2.49. The molecule has 1 fully saturated rings. The number of rotatable bonds is 5. The van der Waals surface area contributed by atoms with Crippen LogP contribution < -0.4 is 16.8 Å². The third kappa shape index (κ3) is 2.42. The Bertz CT molecular complexity index is 447. The van der Waals surface area contributed by atoms with E-state index in [9.17, 15) is 4.79 Å². The van der Waals surface area contributed by atoms with E-state index in [2.05, 4.69) is 12.2 Å². The fraction of sp³-hybridized carbons (Fsp3) is 0.500. The number of carbonyl (C=O) groups is 1. The van der Waals surface area contributed by atoms with Crippen molar-refractivity contribution in [2.75, 3.05) is 17.6 Å². The van der Waals surface area contributed by atoms with Crippen molar-refractivity contribution < 1.29 is 4.79 Å². The molecular weight excluding hydrogens is 226 g/mol. The number of nitrogens with one attached hydrogen (secondary N) is 1. The maximum atomic E-state index is 11.0. The lowest BCUT2D eigenvalue weighted by Gasteiger charge is -2.41. The Morgan fingerprint density at radius 2 is 2.17 bits per heavy atom. The number of benzene rings is 1. The third-order valence-corrected chi connectivity index (χ3v) is 4.15. The van der Waals surface area contributed by atoms with Gasteiger partial charge >= 0.3 is 0 Å². The Kier molecular flexibility index (Phi) is 3.45. The highest BCUT2D eigenvalue weighted by Crippen LogP contribution is 2.43. The first kappa shape index (κ1) is 12.7. The first-order valence-electron chi connectivity index (χ1n) is 6.49. The summed E-state index contributed by atoms with van der Waals surface area (Å²) in [5.74, 6) is -0.447. The van der Waals surface area contributed by atoms with E-state index in [1.807, 2.05) is 6.07 Å². The number of amides is 1. The third-order valence-electron chi connectivity index (χ3n) is 4.15. The first-order valence-corrected chi connectivity index (χ1v) is 6.49. The molecule has 0 aromatic heterocycles. The average molecular weight is 247 g/mol. The van der Waals surface area contributed by atoms with Crippen LogP contribution in [0.2, 0.25) is 0 Å². The molecule has 1 aromatic rings. The number of nitrogens with two attached hydrogens (primary N) is 2. The van der Waals surface area contributed by atoms with Crippen LogP contribution in [0.1, 0.15) is 43.0 Å². The highest BCUT2D eigenvalue weighted by atomic mass is 16.1. The van der Waals surface area contributed by atoms with Gasteiger partial charge in [0.2, 0.25) is 5.91 Å². The van der Waals surface area contributed by atoms with Gasteiger partial charge in [-0.1, -0.05) is 13.3 Å². The summed E-state index contributed by atoms with van der Waals surface area (Å²) in [5, 5.41) is 3.40. The van der Waals surface area contributed by atoms with E-state index >= 15 is 0 Å². The van der Waals surface area contributed by atoms with E-state index in [0.29, 0.717) is 16.7 Å². The summed E-state index contributed by atoms with van der Waals surface area (Å²) >= 11 is 0. The van der Waals surface area contributed by atoms with Gasteiger partial charge in [0.05, 0.1) is 11.4 Å². The molecule has 0 radical (unpaired) electrons. The average Bonchev–Trinajstić information content (AvgIpc) is 2.29. The lowest BCUT2D eigenvalue weighted by molar-refractivity contribution is 0.100. The van der Waals surface area contributed by atoms with Crippen molar-refractivity contribution in [1.29, 1.82) is 0 Å². The normalized spacial score (nSPS) is 16.9. The molecule has 98 valence electrons. The van der Waals surface area contributed by atoms with E-state index in [0.717, 1.165) is 12.2 Å². The molecule has 0 spiro atoms. The quantitative estimate of drug-likeness (QED) is 0.699. The Morgan fingerprint density at radius 1 is 1.44 bits per heavy atom. The molecule has 4 heteroatoms. The molecular formula is C14H21N3O. The summed E-state index contributed by atoms with van der Waals surface area (Å²) in [5.41, 5.74) is 13.5. The predicted molar refractivity (Wildman–Crippen MR) is 74.4 cm³/mol. The van der Waals surface area contributed by atoms with Crippen molar-refractivity contribution in [3.05, 3.63) is 23.8 Å². The van der Waals surface area contributed by atoms with Crippen molar-refractivity contribution in [3.8, 4) is 0 Å². The number of hydrogen-bond donors (Lipinski definition) is 3. The lowest BCUT2D eigenvalue weighted by Crippen LogP contribution is -2.36. The highest BCUT2D eigenvalue weighted by Gasteiger charge is 2.34. The second-order valence-electron chi connectivity index (χ2n) is 5.23. The molecule has 4 nitrogen and oxygen atoms in total. The van der Waals surface area contributed by atoms with Gasteiger partial charge in [0.1, 0.15) is 0 Å². The molecule has 0 atom stereocenters. The zero-order valence-corrected chi connectivity index (χ0v) is 10.8. The van der Waals surface area contributed by atoms with Crippen LogP contribution in [0.3, 0.4) is 0 Å². The molecule has 1 amide bonds. The van der Waals surface area contributed by atoms with Crippen LogP contribution >= 0.6 is 0 Å². The van der Waals surface area contributed by atoms with Crippen LogP contribution in [-0.2, 0) is 0 Å². The van der Waals surface area contributed by atoms with Crippen molar-refractivity contribution in [2.24, 2.45) is 11.1 Å². The second kappa shape index (κ2) is 4.88. The lowest BCUT2D eigenvalue weighted by atomic mass is 9.67. The van der Waals surface area contributed by atoms with Gasteiger partial charge in [0, 0.05) is 12.1 Å². The minimum atomic E-state index is -0.447. The standard InChI is InChI=1S/C14H21N3O/c1-2-14(6-3-7-14)9-17-12-5-4-10(13(16)18)8-11(12)15/h4-5,8,17H,2-3,6-7,9,15H2,1H3,(H2,16,18). The predicted octanol–water partition coefficient (Wildman–Crippen LogP) is 2.36. The van der Waals surface area contributed by atoms with Gasteiger partial charge in [-0.3, -0.25) is 4.79 Å². The monoisotopic (exact) mass is 247 g/mol. The van der Waals surface area contributed by atoms with Crippen LogP contribution in [0.15, 0.2) is 18.2 Å². The molecule has 1 aromatic carbocycles. The molecule has 1 aliphatic rings. The number of primary amides is 1. The van der Waals surface area contributed by atoms with E-state index in [4.69, 9.17) is 11.5 Å². The molecule has 0 heterocycles. The Labute approximate surface area is 108 Å². The van der Waals surface area contributed by atoms with Crippen molar-refractivity contribution in [2.45, 2.75) is 32.6 Å². The van der Waals surface area contributed by atoms with Crippen molar-refractivity contribution >= 4 is 17.3 Å². The number of nitrogen functional groups attached to an aromatic ring is 1. The summed E-state index contributed by atoms with van der Waals surface area (Å²) in [6, 6.07) is 5.17. The SMILES string of the molecule is CCC1(CNc2ccc(C(N)=O)cc2N)CCC1. The first-order chi connectivity index (χ1) is 8.56. The zero-order valence-electron chi connectivity index (χ0n) is 10.8. The molecule has 0 unspecified atom stereocenters. The molecule has 0 bridgehead atoms. The van der Waals surface area contributed by atoms with Crippen LogP contribution in [0.25, 0.3) is 0 Å². The van der Waals surface area contributed by atoms with Gasteiger partial charge in [0.15, 0.2) is 0 Å². The minimum absolute atomic E-state index is 0.439. The van der Waals surface area contributed by atoms with Gasteiger partial charge < -0.3 is 16.8 Å². The summed E-state index contributed by atoms with van der Waals surface area (Å²) in [6.45, 7) is 3.18. The van der Waals surface area contributed by atoms with Gasteiger partial charge in [0.25, 0.3) is 0 Å². The molecule has 2 rings (SSSR count). The molecule has 0 aliphatic heterocycles. The van der Waals surface area contributed by atoms with E-state index in [-0.39, 0.29) is 0 Å². The molecule has 18 heavy (non-hydrogen) atoms. The largest absolute Gasteiger partial charge is 0.397 e. The molecule has 0 saturated heterocycles. The van der Waals surface area contributed by atoms with Crippen LogP contribution in [0.4, 0.5) is 11.4 Å². The number of anilines is 2. The highest BCUT2D eigenvalue weighted by molar-refractivity contribution is 5.94. The van der Waals surface area contributed by atoms with Crippen LogP contribution in [0.5, 0.6) is 0 Å². The van der Waals surface area contributed by atoms with Gasteiger partial charge in [-0.05, 0) is 42.9 Å². The fourth-order valence-electron chi connectivity index (χ4n) is 2.49. The summed E-state index contributed by atoms with van der Waals surface area (Å²) in [4.78, 5) is 11.0. The van der Waals surface area contributed by atoms with E-state index in [1.165, 1.54) is 25.7 Å². The second-order valence-corrected chi connectivity index (χ2v) is 5.23. The smallest absolute Gasteiger partial charge is 0.248 e. The molecule has 1 saturated carbocycles. The Balaban J connectivity index is 2.03. The summed E-state index contributed by atoms with van der Waals surface area (Å²) in [6.07, 6.45) is 5.09. The molecule has 5 N–H and O–H groups in total. The molecule has 1 aliphatic carbocycles. The van der Waals surface area contributed by atoms with Gasteiger partial charge in [-0.2, -0.15) is 0 Å². The zero-order chi connectivity index (χ0) is 13.2. The van der Waals surface area contributed by atoms with Gasteiger partial charge in [-0.15, -0.1) is 0 Å². The maximum absolute atomic E-state index is 11.0. The number of hydrogen-bond acceptors (Lipinski definition) is 3. The Morgan fingerprint density at radius 3 is 2.61 bits per heavy atom. The minimum Gasteiger partial charge on any atom is -0.397 e. The van der Waals surface area contributed by atoms with Crippen molar-refractivity contribution in [1.82, 2.24) is 0 Å². The van der Waals surface area contributed by atoms with Gasteiger partial charge in [-0.25, -0.2) is 0 Å². The van der Waals surface area contributed by atoms with E-state index in [1.54, 1.807) is 12.1 Å². The Hall–Kier alpha value is -1.71. The summed E-state index contributed by atoms with van der Waals surface area (Å²) in [7, 11) is 0. The summed E-state index contributed by atoms with van der Waals surface area (Å²) < 4.78 is 0. The maximum Gasteiger partial charge on any atom is 0.248 e. The van der Waals surface area contributed by atoms with Crippen LogP contribution in [0, 0.1) is 5.41 Å². The van der Waals surface area contributed by atoms with Crippen LogP contribution in [-0.4, -0.2) is 12.5 Å². The van der Waals surface area contributed by atoms with E-state index < -0.39 is 5.91 Å².